The highest BCUT2D eigenvalue weighted by molar-refractivity contribution is 8.14. The Kier molecular flexibility index (Phi) is 3.06. The van der Waals surface area contributed by atoms with E-state index in [0.29, 0.717) is 11.3 Å². The molecule has 0 bridgehead atoms. The molecule has 82 valence electrons. The van der Waals surface area contributed by atoms with Crippen LogP contribution in [0, 0.1) is 0 Å². The van der Waals surface area contributed by atoms with E-state index in [9.17, 15) is 4.79 Å². The highest BCUT2D eigenvalue weighted by Crippen LogP contribution is 2.45. The van der Waals surface area contributed by atoms with Crippen LogP contribution in [0.2, 0.25) is 5.31 Å². The van der Waals surface area contributed by atoms with Crippen LogP contribution in [0.3, 0.4) is 0 Å². The van der Waals surface area contributed by atoms with E-state index in [1.54, 1.807) is 0 Å². The largest absolute Gasteiger partial charge is 0.333 e. The standard InChI is InChI=1S/C11H18BNOS/c1-11(12)6-4-3-5-8-9(7-11)15-10(14)13(8)2/h8-9H,3-7H2,1-2H3. The van der Waals surface area contributed by atoms with E-state index in [-0.39, 0.29) is 10.6 Å². The molecule has 15 heavy (non-hydrogen) atoms. The normalized spacial score (nSPS) is 42.3. The van der Waals surface area contributed by atoms with E-state index in [1.807, 2.05) is 11.9 Å². The molecule has 1 amide bonds. The fourth-order valence-corrected chi connectivity index (χ4v) is 4.18. The Morgan fingerprint density at radius 2 is 2.27 bits per heavy atom. The third kappa shape index (κ3) is 2.35. The number of carbonyl (C=O) groups excluding carboxylic acids is 1. The Morgan fingerprint density at radius 1 is 1.53 bits per heavy atom. The second-order valence-electron chi connectivity index (χ2n) is 5.20. The first kappa shape index (κ1) is 11.4. The Morgan fingerprint density at radius 3 is 3.00 bits per heavy atom. The number of hydrogen-bond donors (Lipinski definition) is 0. The molecule has 2 fully saturated rings. The SMILES string of the molecule is [B]C1(C)CCCCC2C(C1)SC(=O)N2C. The van der Waals surface area contributed by atoms with E-state index < -0.39 is 0 Å². The van der Waals surface area contributed by atoms with Gasteiger partial charge in [0.05, 0.1) is 7.85 Å². The van der Waals surface area contributed by atoms with Gasteiger partial charge in [-0.2, -0.15) is 0 Å². The second kappa shape index (κ2) is 4.04. The number of rotatable bonds is 0. The van der Waals surface area contributed by atoms with Gasteiger partial charge in [0, 0.05) is 18.3 Å². The molecule has 2 aliphatic rings. The Labute approximate surface area is 97.6 Å². The van der Waals surface area contributed by atoms with Crippen molar-refractivity contribution in [3.63, 3.8) is 0 Å². The van der Waals surface area contributed by atoms with Crippen LogP contribution in [0.5, 0.6) is 0 Å². The molecule has 3 atom stereocenters. The summed E-state index contributed by atoms with van der Waals surface area (Å²) in [6.07, 6.45) is 5.61. The van der Waals surface area contributed by atoms with Crippen LogP contribution < -0.4 is 0 Å². The van der Waals surface area contributed by atoms with Crippen LogP contribution in [-0.4, -0.2) is 36.3 Å². The van der Waals surface area contributed by atoms with Crippen molar-refractivity contribution in [2.75, 3.05) is 7.05 Å². The highest BCUT2D eigenvalue weighted by atomic mass is 32.2. The van der Waals surface area contributed by atoms with Crippen LogP contribution in [0.25, 0.3) is 0 Å². The maximum atomic E-state index is 11.6. The second-order valence-corrected chi connectivity index (χ2v) is 6.39. The number of carbonyl (C=O) groups is 1. The molecule has 1 saturated carbocycles. The van der Waals surface area contributed by atoms with Crippen LogP contribution >= 0.6 is 11.8 Å². The molecule has 1 saturated heterocycles. The van der Waals surface area contributed by atoms with Gasteiger partial charge in [0.15, 0.2) is 0 Å². The first-order valence-corrected chi connectivity index (χ1v) is 6.60. The molecule has 0 aromatic carbocycles. The van der Waals surface area contributed by atoms with Gasteiger partial charge in [-0.05, 0) is 12.8 Å². The summed E-state index contributed by atoms with van der Waals surface area (Å²) in [4.78, 5) is 13.5. The molecular weight excluding hydrogens is 205 g/mol. The van der Waals surface area contributed by atoms with Crippen LogP contribution in [0.15, 0.2) is 0 Å². The van der Waals surface area contributed by atoms with E-state index in [2.05, 4.69) is 6.92 Å². The Bertz CT molecular complexity index is 269. The van der Waals surface area contributed by atoms with Gasteiger partial charge in [0.25, 0.3) is 5.24 Å². The number of fused-ring (bicyclic) bond motifs is 1. The zero-order valence-corrected chi connectivity index (χ0v) is 10.3. The minimum Gasteiger partial charge on any atom is -0.333 e. The summed E-state index contributed by atoms with van der Waals surface area (Å²) in [5.74, 6) is 0. The molecule has 1 heterocycles. The van der Waals surface area contributed by atoms with E-state index >= 15 is 0 Å². The van der Waals surface area contributed by atoms with Crippen molar-refractivity contribution in [1.82, 2.24) is 4.90 Å². The summed E-state index contributed by atoms with van der Waals surface area (Å²) >= 11 is 1.49. The average molecular weight is 223 g/mol. The number of nitrogens with zero attached hydrogens (tertiary/aromatic N) is 1. The lowest BCUT2D eigenvalue weighted by atomic mass is 9.63. The fraction of sp³-hybridized carbons (Fsp3) is 0.909. The number of hydrogen-bond acceptors (Lipinski definition) is 2. The zero-order chi connectivity index (χ0) is 11.1. The summed E-state index contributed by atoms with van der Waals surface area (Å²) in [7, 11) is 8.18. The van der Waals surface area contributed by atoms with Crippen molar-refractivity contribution < 1.29 is 4.79 Å². The molecule has 0 aromatic rings. The Hall–Kier alpha value is -0.115. The average Bonchev–Trinajstić information content (AvgIpc) is 2.35. The summed E-state index contributed by atoms with van der Waals surface area (Å²) in [5.41, 5.74) is 0. The summed E-state index contributed by atoms with van der Waals surface area (Å²) < 4.78 is 0. The monoisotopic (exact) mass is 223 g/mol. The first-order valence-electron chi connectivity index (χ1n) is 5.72. The summed E-state index contributed by atoms with van der Waals surface area (Å²) in [6.45, 7) is 2.12. The lowest BCUT2D eigenvalue weighted by molar-refractivity contribution is 0.210. The predicted octanol–water partition coefficient (Wildman–Crippen LogP) is 2.83. The van der Waals surface area contributed by atoms with Crippen molar-refractivity contribution in [3.05, 3.63) is 0 Å². The molecule has 1 aliphatic heterocycles. The third-order valence-electron chi connectivity index (χ3n) is 3.63. The fourth-order valence-electron chi connectivity index (χ4n) is 2.68. The van der Waals surface area contributed by atoms with Crippen molar-refractivity contribution in [2.45, 2.75) is 55.6 Å². The molecule has 2 radical (unpaired) electrons. The van der Waals surface area contributed by atoms with Gasteiger partial charge in [-0.1, -0.05) is 43.3 Å². The molecule has 1 aliphatic carbocycles. The van der Waals surface area contributed by atoms with Crippen molar-refractivity contribution in [1.29, 1.82) is 0 Å². The number of thioether (sulfide) groups is 1. The molecule has 2 rings (SSSR count). The van der Waals surface area contributed by atoms with E-state index in [4.69, 9.17) is 7.85 Å². The van der Waals surface area contributed by atoms with E-state index in [1.165, 1.54) is 24.6 Å². The topological polar surface area (TPSA) is 20.3 Å². The summed E-state index contributed by atoms with van der Waals surface area (Å²) in [6, 6.07) is 0.422. The van der Waals surface area contributed by atoms with Gasteiger partial charge in [-0.15, -0.1) is 0 Å². The molecule has 4 heteroatoms. The Balaban J connectivity index is 2.13. The van der Waals surface area contributed by atoms with E-state index in [0.717, 1.165) is 19.3 Å². The van der Waals surface area contributed by atoms with Gasteiger partial charge in [0.1, 0.15) is 0 Å². The van der Waals surface area contributed by atoms with Crippen molar-refractivity contribution >= 4 is 24.8 Å². The quantitative estimate of drug-likeness (QED) is 0.588. The minimum atomic E-state index is -0.0816. The third-order valence-corrected chi connectivity index (χ3v) is 4.91. The van der Waals surface area contributed by atoms with Gasteiger partial charge >= 0.3 is 0 Å². The van der Waals surface area contributed by atoms with Gasteiger partial charge in [-0.3, -0.25) is 4.79 Å². The molecule has 2 nitrogen and oxygen atoms in total. The number of amides is 1. The van der Waals surface area contributed by atoms with Gasteiger partial charge in [-0.25, -0.2) is 0 Å². The maximum absolute atomic E-state index is 11.6. The lowest BCUT2D eigenvalue weighted by Gasteiger charge is -2.34. The smallest absolute Gasteiger partial charge is 0.282 e. The van der Waals surface area contributed by atoms with Crippen molar-refractivity contribution in [2.24, 2.45) is 0 Å². The molecule has 0 N–H and O–H groups in total. The zero-order valence-electron chi connectivity index (χ0n) is 9.53. The molecular formula is C11H18BNOS. The van der Waals surface area contributed by atoms with Crippen LogP contribution in [0.4, 0.5) is 4.79 Å². The van der Waals surface area contributed by atoms with Gasteiger partial charge < -0.3 is 4.90 Å². The highest BCUT2D eigenvalue weighted by Gasteiger charge is 2.41. The maximum Gasteiger partial charge on any atom is 0.282 e. The minimum absolute atomic E-state index is 0.0816. The van der Waals surface area contributed by atoms with Crippen LogP contribution in [-0.2, 0) is 0 Å². The first-order chi connectivity index (χ1) is 6.99. The summed E-state index contributed by atoms with van der Waals surface area (Å²) in [5, 5.41) is 0.558. The molecule has 3 unspecified atom stereocenters. The predicted molar refractivity (Wildman–Crippen MR) is 65.5 cm³/mol. The lowest BCUT2D eigenvalue weighted by Crippen LogP contribution is -2.36. The van der Waals surface area contributed by atoms with Gasteiger partial charge in [0.2, 0.25) is 0 Å². The molecule has 0 aromatic heterocycles. The van der Waals surface area contributed by atoms with Crippen LogP contribution in [0.1, 0.15) is 39.0 Å². The molecule has 0 spiro atoms. The van der Waals surface area contributed by atoms with Crippen molar-refractivity contribution in [3.8, 4) is 0 Å².